The number of hydrogen-bond acceptors (Lipinski definition) is 3. The van der Waals surface area contributed by atoms with Crippen LogP contribution >= 0.6 is 0 Å². The lowest BCUT2D eigenvalue weighted by Crippen LogP contribution is -2.07. The third kappa shape index (κ3) is 2.18. The van der Waals surface area contributed by atoms with Crippen molar-refractivity contribution in [3.05, 3.63) is 59.2 Å². The zero-order valence-electron chi connectivity index (χ0n) is 11.5. The van der Waals surface area contributed by atoms with Crippen molar-refractivity contribution in [2.75, 3.05) is 7.11 Å². The van der Waals surface area contributed by atoms with Gasteiger partial charge in [0.15, 0.2) is 0 Å². The van der Waals surface area contributed by atoms with E-state index in [-0.39, 0.29) is 12.3 Å². The van der Waals surface area contributed by atoms with Gasteiger partial charge in [0.1, 0.15) is 0 Å². The summed E-state index contributed by atoms with van der Waals surface area (Å²) >= 11 is 0. The van der Waals surface area contributed by atoms with Gasteiger partial charge in [0.2, 0.25) is 0 Å². The van der Waals surface area contributed by atoms with E-state index in [9.17, 15) is 9.59 Å². The molecule has 0 radical (unpaired) electrons. The van der Waals surface area contributed by atoms with Crippen molar-refractivity contribution >= 4 is 11.9 Å². The zero-order chi connectivity index (χ0) is 15.0. The van der Waals surface area contributed by atoms with Gasteiger partial charge in [-0.05, 0) is 34.4 Å². The minimum atomic E-state index is -0.855. The maximum atomic E-state index is 11.7. The minimum Gasteiger partial charge on any atom is -0.481 e. The second kappa shape index (κ2) is 5.05. The van der Waals surface area contributed by atoms with Crippen molar-refractivity contribution in [1.29, 1.82) is 0 Å². The van der Waals surface area contributed by atoms with Crippen molar-refractivity contribution in [2.45, 2.75) is 12.3 Å². The van der Waals surface area contributed by atoms with E-state index >= 15 is 0 Å². The number of hydrogen-bond donors (Lipinski definition) is 1. The molecule has 0 spiro atoms. The number of benzene rings is 2. The highest BCUT2D eigenvalue weighted by Crippen LogP contribution is 2.46. The Morgan fingerprint density at radius 3 is 2.52 bits per heavy atom. The van der Waals surface area contributed by atoms with Gasteiger partial charge in [0, 0.05) is 5.92 Å². The summed E-state index contributed by atoms with van der Waals surface area (Å²) in [6, 6.07) is 13.1. The molecule has 0 saturated heterocycles. The molecule has 1 atom stereocenters. The first-order valence-electron chi connectivity index (χ1n) is 6.65. The summed E-state index contributed by atoms with van der Waals surface area (Å²) in [6.07, 6.45) is 0.00857. The molecule has 1 N–H and O–H groups in total. The number of methoxy groups -OCH3 is 1. The largest absolute Gasteiger partial charge is 0.481 e. The van der Waals surface area contributed by atoms with Crippen LogP contribution in [0.2, 0.25) is 0 Å². The lowest BCUT2D eigenvalue weighted by atomic mass is 9.93. The maximum Gasteiger partial charge on any atom is 0.337 e. The van der Waals surface area contributed by atoms with Gasteiger partial charge >= 0.3 is 11.9 Å². The topological polar surface area (TPSA) is 63.6 Å². The molecule has 106 valence electrons. The maximum absolute atomic E-state index is 11.7. The van der Waals surface area contributed by atoms with Gasteiger partial charge in [-0.25, -0.2) is 4.79 Å². The standard InChI is InChI=1S/C17H14O4/c1-21-17(20)10-6-7-13-11-4-2-3-5-12(11)15(9-16(18)19)14(13)8-10/h2-8,15H,9H2,1H3,(H,18,19). The number of carboxylic acids is 1. The predicted molar refractivity (Wildman–Crippen MR) is 77.3 cm³/mol. The summed E-state index contributed by atoms with van der Waals surface area (Å²) in [5, 5.41) is 9.16. The van der Waals surface area contributed by atoms with E-state index in [1.54, 1.807) is 12.1 Å². The zero-order valence-corrected chi connectivity index (χ0v) is 11.5. The van der Waals surface area contributed by atoms with Crippen LogP contribution in [0.5, 0.6) is 0 Å². The van der Waals surface area contributed by atoms with Gasteiger partial charge in [-0.3, -0.25) is 4.79 Å². The van der Waals surface area contributed by atoms with Gasteiger partial charge in [-0.1, -0.05) is 30.3 Å². The normalized spacial score (nSPS) is 15.2. The van der Waals surface area contributed by atoms with Gasteiger partial charge < -0.3 is 9.84 Å². The molecule has 4 heteroatoms. The first-order valence-corrected chi connectivity index (χ1v) is 6.65. The predicted octanol–water partition coefficient (Wildman–Crippen LogP) is 3.06. The Kier molecular flexibility index (Phi) is 3.22. The first-order chi connectivity index (χ1) is 10.1. The van der Waals surface area contributed by atoms with Crippen LogP contribution in [0.3, 0.4) is 0 Å². The van der Waals surface area contributed by atoms with Crippen LogP contribution in [0.1, 0.15) is 33.8 Å². The molecule has 0 heterocycles. The van der Waals surface area contributed by atoms with Crippen LogP contribution < -0.4 is 0 Å². The van der Waals surface area contributed by atoms with Crippen LogP contribution in [0, 0.1) is 0 Å². The van der Waals surface area contributed by atoms with E-state index in [1.807, 2.05) is 30.3 Å². The Balaban J connectivity index is 2.15. The van der Waals surface area contributed by atoms with Crippen LogP contribution in [-0.2, 0) is 9.53 Å². The summed E-state index contributed by atoms with van der Waals surface area (Å²) in [6.45, 7) is 0. The third-order valence-electron chi connectivity index (χ3n) is 3.85. The molecule has 0 amide bonds. The van der Waals surface area contributed by atoms with Crippen LogP contribution in [0.15, 0.2) is 42.5 Å². The van der Waals surface area contributed by atoms with Gasteiger partial charge in [-0.2, -0.15) is 0 Å². The van der Waals surface area contributed by atoms with E-state index in [0.29, 0.717) is 5.56 Å². The lowest BCUT2D eigenvalue weighted by molar-refractivity contribution is -0.137. The van der Waals surface area contributed by atoms with E-state index in [0.717, 1.165) is 22.3 Å². The minimum absolute atomic E-state index is 0.00857. The monoisotopic (exact) mass is 282 g/mol. The molecule has 2 aromatic rings. The molecule has 0 bridgehead atoms. The summed E-state index contributed by atoms with van der Waals surface area (Å²) < 4.78 is 4.73. The van der Waals surface area contributed by atoms with E-state index in [1.165, 1.54) is 7.11 Å². The molecule has 3 rings (SSSR count). The Bertz CT molecular complexity index is 733. The Morgan fingerprint density at radius 2 is 1.81 bits per heavy atom. The molecule has 21 heavy (non-hydrogen) atoms. The van der Waals surface area contributed by atoms with Crippen LogP contribution in [0.4, 0.5) is 0 Å². The van der Waals surface area contributed by atoms with E-state index in [4.69, 9.17) is 9.84 Å². The van der Waals surface area contributed by atoms with Crippen molar-refractivity contribution in [3.8, 4) is 11.1 Å². The fourth-order valence-electron chi connectivity index (χ4n) is 2.95. The highest BCUT2D eigenvalue weighted by molar-refractivity contribution is 5.92. The molecule has 1 unspecified atom stereocenters. The number of fused-ring (bicyclic) bond motifs is 3. The second-order valence-corrected chi connectivity index (χ2v) is 5.03. The average molecular weight is 282 g/mol. The van der Waals surface area contributed by atoms with Crippen molar-refractivity contribution in [1.82, 2.24) is 0 Å². The van der Waals surface area contributed by atoms with Crippen molar-refractivity contribution in [3.63, 3.8) is 0 Å². The summed E-state index contributed by atoms with van der Waals surface area (Å²) in [4.78, 5) is 22.8. The molecule has 1 aliphatic rings. The smallest absolute Gasteiger partial charge is 0.337 e. The molecule has 4 nitrogen and oxygen atoms in total. The fourth-order valence-corrected chi connectivity index (χ4v) is 2.95. The Labute approximate surface area is 122 Å². The number of carbonyl (C=O) groups is 2. The third-order valence-corrected chi connectivity index (χ3v) is 3.85. The van der Waals surface area contributed by atoms with Gasteiger partial charge in [-0.15, -0.1) is 0 Å². The highest BCUT2D eigenvalue weighted by Gasteiger charge is 2.30. The number of aliphatic carboxylic acids is 1. The lowest BCUT2D eigenvalue weighted by Gasteiger charge is -2.11. The van der Waals surface area contributed by atoms with E-state index < -0.39 is 11.9 Å². The molecule has 2 aromatic carbocycles. The summed E-state index contributed by atoms with van der Waals surface area (Å²) in [7, 11) is 1.33. The summed E-state index contributed by atoms with van der Waals surface area (Å²) in [5.74, 6) is -1.49. The number of rotatable bonds is 3. The molecule has 1 aliphatic carbocycles. The highest BCUT2D eigenvalue weighted by atomic mass is 16.5. The number of ether oxygens (including phenoxy) is 1. The Morgan fingerprint density at radius 1 is 1.10 bits per heavy atom. The number of esters is 1. The fraction of sp³-hybridized carbons (Fsp3) is 0.176. The van der Waals surface area contributed by atoms with Gasteiger partial charge in [0.05, 0.1) is 19.1 Å². The molecule has 0 aliphatic heterocycles. The summed E-state index contributed by atoms with van der Waals surface area (Å²) in [5.41, 5.74) is 4.34. The van der Waals surface area contributed by atoms with Gasteiger partial charge in [0.25, 0.3) is 0 Å². The Hall–Kier alpha value is -2.62. The van der Waals surface area contributed by atoms with Crippen LogP contribution in [-0.4, -0.2) is 24.2 Å². The van der Waals surface area contributed by atoms with Crippen molar-refractivity contribution < 1.29 is 19.4 Å². The first kappa shape index (κ1) is 13.4. The molecule has 0 saturated carbocycles. The molecular weight excluding hydrogens is 268 g/mol. The molecule has 0 aromatic heterocycles. The van der Waals surface area contributed by atoms with Crippen molar-refractivity contribution in [2.24, 2.45) is 0 Å². The molecule has 0 fully saturated rings. The quantitative estimate of drug-likeness (QED) is 0.879. The second-order valence-electron chi connectivity index (χ2n) is 5.03. The SMILES string of the molecule is COC(=O)c1ccc2c(c1)C(CC(=O)O)c1ccccc1-2. The average Bonchev–Trinajstić information content (AvgIpc) is 2.80. The number of carboxylic acid groups (broad SMARTS) is 1. The van der Waals surface area contributed by atoms with E-state index in [2.05, 4.69) is 0 Å². The molecular formula is C17H14O4. The van der Waals surface area contributed by atoms with Crippen LogP contribution in [0.25, 0.3) is 11.1 Å². The number of carbonyl (C=O) groups excluding carboxylic acids is 1.